The van der Waals surface area contributed by atoms with Gasteiger partial charge in [0.05, 0.1) is 5.69 Å². The maximum atomic E-state index is 12.1. The van der Waals surface area contributed by atoms with E-state index in [-0.39, 0.29) is 6.03 Å². The highest BCUT2D eigenvalue weighted by molar-refractivity contribution is 5.90. The van der Waals surface area contributed by atoms with E-state index in [1.54, 1.807) is 6.20 Å². The van der Waals surface area contributed by atoms with Crippen LogP contribution in [0, 0.1) is 20.8 Å². The summed E-state index contributed by atoms with van der Waals surface area (Å²) >= 11 is 0. The summed E-state index contributed by atoms with van der Waals surface area (Å²) in [7, 11) is 0. The van der Waals surface area contributed by atoms with Crippen molar-refractivity contribution in [1.29, 1.82) is 0 Å². The first-order valence-corrected chi connectivity index (χ1v) is 8.84. The number of carbonyl (C=O) groups excluding carboxylic acids is 1. The summed E-state index contributed by atoms with van der Waals surface area (Å²) in [4.78, 5) is 24.9. The first-order chi connectivity index (χ1) is 13.0. The van der Waals surface area contributed by atoms with Crippen LogP contribution in [-0.2, 0) is 6.54 Å². The maximum Gasteiger partial charge on any atom is 0.319 e. The molecular weight excluding hydrogens is 342 g/mol. The lowest BCUT2D eigenvalue weighted by Crippen LogP contribution is -2.30. The summed E-state index contributed by atoms with van der Waals surface area (Å²) in [6.45, 7) is 6.91. The molecule has 2 heterocycles. The van der Waals surface area contributed by atoms with Gasteiger partial charge in [-0.15, -0.1) is 0 Å². The van der Waals surface area contributed by atoms with Crippen LogP contribution in [-0.4, -0.2) is 37.3 Å². The van der Waals surface area contributed by atoms with Crippen LogP contribution >= 0.6 is 0 Å². The van der Waals surface area contributed by atoms with Crippen LogP contribution in [0.5, 0.6) is 0 Å². The molecule has 0 aliphatic rings. The normalized spacial score (nSPS) is 10.6. The van der Waals surface area contributed by atoms with Gasteiger partial charge in [-0.05, 0) is 45.4 Å². The third-order valence-electron chi connectivity index (χ3n) is 3.99. The number of anilines is 1. The molecule has 2 amide bonds. The van der Waals surface area contributed by atoms with Crippen molar-refractivity contribution in [3.8, 4) is 11.3 Å². The second kappa shape index (κ2) is 8.39. The number of hydrogen-bond acceptors (Lipinski definition) is 5. The molecule has 0 spiro atoms. The molecule has 0 saturated heterocycles. The van der Waals surface area contributed by atoms with Gasteiger partial charge in [0.15, 0.2) is 0 Å². The van der Waals surface area contributed by atoms with E-state index < -0.39 is 0 Å². The zero-order valence-corrected chi connectivity index (χ0v) is 15.7. The van der Waals surface area contributed by atoms with Gasteiger partial charge in [-0.1, -0.05) is 12.1 Å². The molecule has 3 aromatic rings. The smallest absolute Gasteiger partial charge is 0.319 e. The molecule has 0 saturated carbocycles. The van der Waals surface area contributed by atoms with Crippen molar-refractivity contribution in [3.63, 3.8) is 0 Å². The van der Waals surface area contributed by atoms with Gasteiger partial charge >= 0.3 is 6.03 Å². The van der Waals surface area contributed by atoms with Gasteiger partial charge < -0.3 is 10.6 Å². The molecule has 0 radical (unpaired) electrons. The molecule has 140 valence electrons. The van der Waals surface area contributed by atoms with Crippen LogP contribution in [0.4, 0.5) is 10.5 Å². The summed E-state index contributed by atoms with van der Waals surface area (Å²) in [5, 5.41) is 10.0. The molecular formula is C19H23N7O. The molecule has 3 rings (SSSR count). The van der Waals surface area contributed by atoms with Crippen LogP contribution in [0.25, 0.3) is 11.3 Å². The monoisotopic (exact) mass is 365 g/mol. The maximum absolute atomic E-state index is 12.1. The average Bonchev–Trinajstić information content (AvgIpc) is 2.96. The second-order valence-electron chi connectivity index (χ2n) is 6.23. The second-order valence-corrected chi connectivity index (χ2v) is 6.23. The number of nitrogens with zero attached hydrogens (tertiary/aromatic N) is 5. The number of aryl methyl sites for hydroxylation is 4. The lowest BCUT2D eigenvalue weighted by molar-refractivity contribution is 0.251. The number of hydrogen-bond donors (Lipinski definition) is 2. The molecule has 27 heavy (non-hydrogen) atoms. The van der Waals surface area contributed by atoms with Crippen molar-refractivity contribution in [2.75, 3.05) is 11.9 Å². The van der Waals surface area contributed by atoms with E-state index >= 15 is 0 Å². The van der Waals surface area contributed by atoms with E-state index in [0.29, 0.717) is 18.1 Å². The number of benzene rings is 1. The Balaban J connectivity index is 1.50. The lowest BCUT2D eigenvalue weighted by atomic mass is 10.1. The van der Waals surface area contributed by atoms with Gasteiger partial charge in [-0.25, -0.2) is 19.7 Å². The highest BCUT2D eigenvalue weighted by Gasteiger charge is 2.06. The van der Waals surface area contributed by atoms with Crippen LogP contribution in [0.3, 0.4) is 0 Å². The van der Waals surface area contributed by atoms with Crippen molar-refractivity contribution in [1.82, 2.24) is 30.0 Å². The zero-order valence-electron chi connectivity index (χ0n) is 15.7. The van der Waals surface area contributed by atoms with E-state index in [0.717, 1.165) is 35.9 Å². The number of carbonyl (C=O) groups is 1. The zero-order chi connectivity index (χ0) is 19.2. The minimum atomic E-state index is -0.238. The van der Waals surface area contributed by atoms with E-state index in [1.807, 2.05) is 55.8 Å². The molecule has 0 aliphatic carbocycles. The van der Waals surface area contributed by atoms with Crippen molar-refractivity contribution in [3.05, 3.63) is 54.0 Å². The Bertz CT molecular complexity index is 935. The van der Waals surface area contributed by atoms with Crippen molar-refractivity contribution < 1.29 is 4.79 Å². The lowest BCUT2D eigenvalue weighted by Gasteiger charge is -2.09. The summed E-state index contributed by atoms with van der Waals surface area (Å²) in [6.07, 6.45) is 2.50. The Morgan fingerprint density at radius 3 is 2.70 bits per heavy atom. The molecule has 8 nitrogen and oxygen atoms in total. The molecule has 0 fully saturated rings. The highest BCUT2D eigenvalue weighted by Crippen LogP contribution is 2.20. The van der Waals surface area contributed by atoms with Crippen molar-refractivity contribution >= 4 is 11.7 Å². The minimum Gasteiger partial charge on any atom is -0.338 e. The van der Waals surface area contributed by atoms with E-state index in [2.05, 4.69) is 30.7 Å². The van der Waals surface area contributed by atoms with Crippen molar-refractivity contribution in [2.45, 2.75) is 33.7 Å². The molecule has 0 bridgehead atoms. The van der Waals surface area contributed by atoms with E-state index in [9.17, 15) is 4.79 Å². The van der Waals surface area contributed by atoms with Crippen LogP contribution in [0.1, 0.15) is 23.9 Å². The van der Waals surface area contributed by atoms with E-state index in [1.165, 1.54) is 0 Å². The largest absolute Gasteiger partial charge is 0.338 e. The number of rotatable bonds is 6. The van der Waals surface area contributed by atoms with E-state index in [4.69, 9.17) is 0 Å². The Morgan fingerprint density at radius 2 is 1.96 bits per heavy atom. The predicted octanol–water partition coefficient (Wildman–Crippen LogP) is 2.87. The third-order valence-corrected chi connectivity index (χ3v) is 3.99. The SMILES string of the molecule is Cc1nccc(-c2cccc(NC(=O)NCCCn3nc(C)nc3C)c2)n1. The summed E-state index contributed by atoms with van der Waals surface area (Å²) in [5.74, 6) is 2.35. The van der Waals surface area contributed by atoms with Gasteiger partial charge in [-0.3, -0.25) is 4.68 Å². The quantitative estimate of drug-likeness (QED) is 0.655. The Hall–Kier alpha value is -3.29. The number of nitrogens with one attached hydrogen (secondary N) is 2. The van der Waals surface area contributed by atoms with Gasteiger partial charge in [0.25, 0.3) is 0 Å². The molecule has 2 aromatic heterocycles. The Morgan fingerprint density at radius 1 is 1.11 bits per heavy atom. The molecule has 1 aromatic carbocycles. The summed E-state index contributed by atoms with van der Waals surface area (Å²) < 4.78 is 1.85. The fraction of sp³-hybridized carbons (Fsp3) is 0.316. The van der Waals surface area contributed by atoms with Gasteiger partial charge in [0.1, 0.15) is 17.5 Å². The van der Waals surface area contributed by atoms with Gasteiger partial charge in [0, 0.05) is 30.5 Å². The Kier molecular flexibility index (Phi) is 5.75. The molecule has 8 heteroatoms. The summed E-state index contributed by atoms with van der Waals surface area (Å²) in [6, 6.07) is 9.19. The number of amides is 2. The first kappa shape index (κ1) is 18.5. The van der Waals surface area contributed by atoms with Crippen LogP contribution in [0.15, 0.2) is 36.5 Å². The van der Waals surface area contributed by atoms with Crippen LogP contribution in [0.2, 0.25) is 0 Å². The fourth-order valence-corrected chi connectivity index (χ4v) is 2.75. The predicted molar refractivity (Wildman–Crippen MR) is 103 cm³/mol. The van der Waals surface area contributed by atoms with Crippen molar-refractivity contribution in [2.24, 2.45) is 0 Å². The molecule has 2 N–H and O–H groups in total. The van der Waals surface area contributed by atoms with Gasteiger partial charge in [0.2, 0.25) is 0 Å². The number of urea groups is 1. The topological polar surface area (TPSA) is 97.6 Å². The standard InChI is InChI=1S/C19H23N7O/c1-13-20-10-8-18(23-13)16-6-4-7-17(12-16)24-19(27)21-9-5-11-26-15(3)22-14(2)25-26/h4,6-8,10,12H,5,9,11H2,1-3H3,(H2,21,24,27). The molecule has 0 atom stereocenters. The molecule has 0 aliphatic heterocycles. The summed E-state index contributed by atoms with van der Waals surface area (Å²) in [5.41, 5.74) is 2.46. The third kappa shape index (κ3) is 5.10. The Labute approximate surface area is 158 Å². The first-order valence-electron chi connectivity index (χ1n) is 8.84. The average molecular weight is 365 g/mol. The highest BCUT2D eigenvalue weighted by atomic mass is 16.2. The molecule has 0 unspecified atom stereocenters. The minimum absolute atomic E-state index is 0.238. The van der Waals surface area contributed by atoms with Gasteiger partial charge in [-0.2, -0.15) is 5.10 Å². The van der Waals surface area contributed by atoms with Crippen LogP contribution < -0.4 is 10.6 Å². The number of aromatic nitrogens is 5. The fourth-order valence-electron chi connectivity index (χ4n) is 2.75.